The van der Waals surface area contributed by atoms with Gasteiger partial charge in [0.15, 0.2) is 0 Å². The average Bonchev–Trinajstić information content (AvgIpc) is 2.36. The van der Waals surface area contributed by atoms with Gasteiger partial charge in [-0.15, -0.1) is 0 Å². The summed E-state index contributed by atoms with van der Waals surface area (Å²) in [6, 6.07) is 6.70. The van der Waals surface area contributed by atoms with Crippen LogP contribution in [0, 0.1) is 6.92 Å². The molecule has 0 saturated heterocycles. The van der Waals surface area contributed by atoms with Crippen molar-refractivity contribution in [3.8, 4) is 0 Å². The van der Waals surface area contributed by atoms with Crippen molar-refractivity contribution in [2.24, 2.45) is 0 Å². The molecule has 1 aromatic rings. The van der Waals surface area contributed by atoms with Gasteiger partial charge in [0, 0.05) is 13.1 Å². The first-order chi connectivity index (χ1) is 10.3. The van der Waals surface area contributed by atoms with Crippen LogP contribution in [0.25, 0.3) is 0 Å². The highest BCUT2D eigenvalue weighted by Crippen LogP contribution is 2.21. The summed E-state index contributed by atoms with van der Waals surface area (Å²) in [5.41, 5.74) is -0.908. The Balaban J connectivity index is 3.02. The van der Waals surface area contributed by atoms with Crippen molar-refractivity contribution in [1.29, 1.82) is 0 Å². The molecule has 0 amide bonds. The zero-order valence-corrected chi connectivity index (χ0v) is 15.5. The molecule has 23 heavy (non-hydrogen) atoms. The second-order valence-corrected chi connectivity index (χ2v) is 9.28. The van der Waals surface area contributed by atoms with Crippen molar-refractivity contribution in [1.82, 2.24) is 4.31 Å². The quantitative estimate of drug-likeness (QED) is 0.759. The molecule has 132 valence electrons. The van der Waals surface area contributed by atoms with Crippen LogP contribution in [0.4, 0.5) is 0 Å². The molecule has 6 heteroatoms. The monoisotopic (exact) mass is 343 g/mol. The zero-order chi connectivity index (χ0) is 17.9. The van der Waals surface area contributed by atoms with Crippen LogP contribution in [0.1, 0.15) is 46.1 Å². The summed E-state index contributed by atoms with van der Waals surface area (Å²) in [7, 11) is -3.65. The predicted octanol–water partition coefficient (Wildman–Crippen LogP) is 2.31. The number of sulfonamides is 1. The highest BCUT2D eigenvalue weighted by Gasteiger charge is 2.28. The smallest absolute Gasteiger partial charge is 0.243 e. The van der Waals surface area contributed by atoms with Gasteiger partial charge in [0.05, 0.1) is 16.1 Å². The molecule has 0 aliphatic rings. The second-order valence-electron chi connectivity index (χ2n) is 7.34. The first-order valence-electron chi connectivity index (χ1n) is 7.83. The number of benzene rings is 1. The highest BCUT2D eigenvalue weighted by atomic mass is 32.2. The maximum absolute atomic E-state index is 12.8. The summed E-state index contributed by atoms with van der Waals surface area (Å²) in [5.74, 6) is 0. The molecule has 0 saturated carbocycles. The fraction of sp³-hybridized carbons (Fsp3) is 0.647. The third-order valence-corrected chi connectivity index (χ3v) is 5.52. The third-order valence-electron chi connectivity index (χ3n) is 3.60. The van der Waals surface area contributed by atoms with Crippen LogP contribution in [0.2, 0.25) is 0 Å². The summed E-state index contributed by atoms with van der Waals surface area (Å²) in [5, 5.41) is 19.8. The van der Waals surface area contributed by atoms with E-state index in [1.165, 1.54) is 4.31 Å². The Labute approximate surface area is 140 Å². The zero-order valence-electron chi connectivity index (χ0n) is 14.7. The molecule has 0 spiro atoms. The second kappa shape index (κ2) is 7.30. The normalized spacial score (nSPS) is 13.6. The largest absolute Gasteiger partial charge is 0.390 e. The number of hydrogen-bond acceptors (Lipinski definition) is 4. The van der Waals surface area contributed by atoms with Gasteiger partial charge in [-0.2, -0.15) is 4.31 Å². The minimum Gasteiger partial charge on any atom is -0.390 e. The number of aliphatic hydroxyl groups is 2. The Bertz CT molecular complexity index is 577. The van der Waals surface area contributed by atoms with E-state index in [-0.39, 0.29) is 18.0 Å². The van der Waals surface area contributed by atoms with Gasteiger partial charge in [-0.3, -0.25) is 0 Å². The molecule has 0 radical (unpaired) electrons. The van der Waals surface area contributed by atoms with Crippen molar-refractivity contribution < 1.29 is 18.6 Å². The number of rotatable bonds is 8. The molecular formula is C17H29NO4S. The lowest BCUT2D eigenvalue weighted by molar-refractivity contribution is 0.0542. The molecule has 0 aliphatic carbocycles. The van der Waals surface area contributed by atoms with Gasteiger partial charge in [0.1, 0.15) is 0 Å². The van der Waals surface area contributed by atoms with Crippen molar-refractivity contribution in [3.63, 3.8) is 0 Å². The van der Waals surface area contributed by atoms with Crippen LogP contribution in [-0.4, -0.2) is 47.2 Å². The van der Waals surface area contributed by atoms with E-state index in [1.807, 2.05) is 6.92 Å². The molecule has 0 aromatic heterocycles. The average molecular weight is 343 g/mol. The van der Waals surface area contributed by atoms with Crippen LogP contribution in [0.3, 0.4) is 0 Å². The maximum atomic E-state index is 12.8. The van der Waals surface area contributed by atoms with Gasteiger partial charge in [0.25, 0.3) is 0 Å². The Hall–Kier alpha value is -0.950. The van der Waals surface area contributed by atoms with Crippen molar-refractivity contribution >= 4 is 10.0 Å². The van der Waals surface area contributed by atoms with Gasteiger partial charge in [-0.25, -0.2) is 8.42 Å². The SMILES string of the molecule is Cc1ccc(S(=O)(=O)N(CCC(C)(C)O)CCC(C)(C)O)cc1. The molecule has 0 aliphatic heterocycles. The first-order valence-corrected chi connectivity index (χ1v) is 9.27. The number of aryl methyl sites for hydroxylation is 1. The molecule has 1 aromatic carbocycles. The van der Waals surface area contributed by atoms with Crippen molar-refractivity contribution in [2.45, 2.75) is 63.6 Å². The Morgan fingerprint density at radius 2 is 1.30 bits per heavy atom. The fourth-order valence-electron chi connectivity index (χ4n) is 2.01. The van der Waals surface area contributed by atoms with Crippen LogP contribution >= 0.6 is 0 Å². The van der Waals surface area contributed by atoms with Gasteiger partial charge in [0.2, 0.25) is 10.0 Å². The molecule has 0 atom stereocenters. The standard InChI is InChI=1S/C17H29NO4S/c1-14-6-8-15(9-7-14)23(21,22)18(12-10-16(2,3)19)13-11-17(4,5)20/h6-9,19-20H,10-13H2,1-5H3. The first kappa shape index (κ1) is 20.1. The molecule has 1 rings (SSSR count). The van der Waals surface area contributed by atoms with Gasteiger partial charge in [-0.1, -0.05) is 17.7 Å². The molecular weight excluding hydrogens is 314 g/mol. The molecule has 2 N–H and O–H groups in total. The molecule has 0 unspecified atom stereocenters. The lowest BCUT2D eigenvalue weighted by Crippen LogP contribution is -2.38. The fourth-order valence-corrected chi connectivity index (χ4v) is 3.45. The highest BCUT2D eigenvalue weighted by molar-refractivity contribution is 7.89. The summed E-state index contributed by atoms with van der Waals surface area (Å²) in [6.45, 7) is 8.92. The molecule has 5 nitrogen and oxygen atoms in total. The lowest BCUT2D eigenvalue weighted by atomic mass is 10.0. The summed E-state index contributed by atoms with van der Waals surface area (Å²) < 4.78 is 27.0. The summed E-state index contributed by atoms with van der Waals surface area (Å²) >= 11 is 0. The molecule has 0 heterocycles. The van der Waals surface area contributed by atoms with E-state index in [4.69, 9.17) is 0 Å². The van der Waals surface area contributed by atoms with Crippen LogP contribution in [-0.2, 0) is 10.0 Å². The van der Waals surface area contributed by atoms with Crippen molar-refractivity contribution in [2.75, 3.05) is 13.1 Å². The van der Waals surface area contributed by atoms with E-state index in [0.29, 0.717) is 12.8 Å². The topological polar surface area (TPSA) is 77.8 Å². The minimum atomic E-state index is -3.65. The van der Waals surface area contributed by atoms with E-state index in [0.717, 1.165) is 5.56 Å². The van der Waals surface area contributed by atoms with E-state index in [9.17, 15) is 18.6 Å². The van der Waals surface area contributed by atoms with E-state index < -0.39 is 21.2 Å². The van der Waals surface area contributed by atoms with Gasteiger partial charge in [-0.05, 0) is 59.6 Å². The van der Waals surface area contributed by atoms with Crippen LogP contribution in [0.5, 0.6) is 0 Å². The minimum absolute atomic E-state index is 0.204. The summed E-state index contributed by atoms with van der Waals surface area (Å²) in [4.78, 5) is 0.231. The van der Waals surface area contributed by atoms with E-state index in [2.05, 4.69) is 0 Å². The van der Waals surface area contributed by atoms with E-state index >= 15 is 0 Å². The third kappa shape index (κ3) is 6.99. The van der Waals surface area contributed by atoms with Crippen LogP contribution < -0.4 is 0 Å². The maximum Gasteiger partial charge on any atom is 0.243 e. The summed E-state index contributed by atoms with van der Waals surface area (Å²) in [6.07, 6.45) is 0.647. The van der Waals surface area contributed by atoms with Gasteiger partial charge < -0.3 is 10.2 Å². The Morgan fingerprint density at radius 1 is 0.913 bits per heavy atom. The lowest BCUT2D eigenvalue weighted by Gasteiger charge is -2.28. The number of hydrogen-bond donors (Lipinski definition) is 2. The Kier molecular flexibility index (Phi) is 6.38. The Morgan fingerprint density at radius 3 is 1.65 bits per heavy atom. The van der Waals surface area contributed by atoms with E-state index in [1.54, 1.807) is 52.0 Å². The van der Waals surface area contributed by atoms with Gasteiger partial charge >= 0.3 is 0 Å². The van der Waals surface area contributed by atoms with Crippen molar-refractivity contribution in [3.05, 3.63) is 29.8 Å². The predicted molar refractivity (Wildman–Crippen MR) is 91.8 cm³/mol. The molecule has 0 fully saturated rings. The van der Waals surface area contributed by atoms with Crippen LogP contribution in [0.15, 0.2) is 29.2 Å². The number of nitrogens with zero attached hydrogens (tertiary/aromatic N) is 1. The molecule has 0 bridgehead atoms.